The van der Waals surface area contributed by atoms with E-state index >= 15 is 0 Å². The average molecular weight is 415 g/mol. The smallest absolute Gasteiger partial charge is 0.290 e. The summed E-state index contributed by atoms with van der Waals surface area (Å²) in [5.41, 5.74) is 1.74. The molecule has 1 fully saturated rings. The summed E-state index contributed by atoms with van der Waals surface area (Å²) in [6, 6.07) is 7.70. The minimum atomic E-state index is -3.21. The van der Waals surface area contributed by atoms with E-state index in [0.29, 0.717) is 23.2 Å². The molecule has 0 radical (unpaired) electrons. The normalized spacial score (nSPS) is 18.2. The van der Waals surface area contributed by atoms with Crippen LogP contribution in [0.25, 0.3) is 11.0 Å². The number of hydrogen-bond donors (Lipinski definition) is 0. The molecule has 0 bridgehead atoms. The molecule has 1 saturated heterocycles. The lowest BCUT2D eigenvalue weighted by Gasteiger charge is -2.27. The molecule has 8 heteroatoms. The molecule has 0 unspecified atom stereocenters. The van der Waals surface area contributed by atoms with Gasteiger partial charge in [0, 0.05) is 12.1 Å². The van der Waals surface area contributed by atoms with Crippen LogP contribution in [-0.2, 0) is 16.4 Å². The van der Waals surface area contributed by atoms with Gasteiger partial charge < -0.3 is 13.7 Å². The third-order valence-corrected chi connectivity index (χ3v) is 6.94. The molecule has 1 amide bonds. The fourth-order valence-electron chi connectivity index (χ4n) is 3.81. The van der Waals surface area contributed by atoms with E-state index in [2.05, 4.69) is 0 Å². The molecular formula is C21H21NO6S. The number of benzene rings is 1. The first-order chi connectivity index (χ1) is 13.7. The van der Waals surface area contributed by atoms with Crippen LogP contribution in [0.5, 0.6) is 0 Å². The molecule has 1 aliphatic heterocycles. The van der Waals surface area contributed by atoms with Crippen molar-refractivity contribution >= 4 is 26.7 Å². The maximum Gasteiger partial charge on any atom is 0.290 e. The molecule has 0 saturated carbocycles. The van der Waals surface area contributed by atoms with E-state index in [1.165, 1.54) is 17.2 Å². The van der Waals surface area contributed by atoms with Crippen LogP contribution in [0.4, 0.5) is 0 Å². The van der Waals surface area contributed by atoms with Crippen LogP contribution in [0.3, 0.4) is 0 Å². The first-order valence-electron chi connectivity index (χ1n) is 9.32. The van der Waals surface area contributed by atoms with Crippen molar-refractivity contribution in [2.75, 3.05) is 11.5 Å². The quantitative estimate of drug-likeness (QED) is 0.650. The SMILES string of the molecule is Cc1cc(C)c2oc(C(=O)N(Cc3ccco3)[C@H]3CCS(=O)(=O)C3)cc(=O)c2c1. The highest BCUT2D eigenvalue weighted by atomic mass is 32.2. The van der Waals surface area contributed by atoms with Gasteiger partial charge in [-0.3, -0.25) is 9.59 Å². The maximum absolute atomic E-state index is 13.3. The summed E-state index contributed by atoms with van der Waals surface area (Å²) in [4.78, 5) is 27.4. The van der Waals surface area contributed by atoms with Gasteiger partial charge in [-0.2, -0.15) is 0 Å². The minimum Gasteiger partial charge on any atom is -0.467 e. The standard InChI is InChI=1S/C21H21NO6S/c1-13-8-14(2)20-17(9-13)18(23)10-19(28-20)21(24)22(11-16-4-3-6-27-16)15-5-7-29(25,26)12-15/h3-4,6,8-10,15H,5,7,11-12H2,1-2H3/t15-/m0/s1. The van der Waals surface area contributed by atoms with Crippen LogP contribution in [-0.4, -0.2) is 36.8 Å². The number of fused-ring (bicyclic) bond motifs is 1. The van der Waals surface area contributed by atoms with Gasteiger partial charge in [-0.15, -0.1) is 0 Å². The third-order valence-electron chi connectivity index (χ3n) is 5.19. The zero-order chi connectivity index (χ0) is 20.8. The topological polar surface area (TPSA) is 97.8 Å². The Morgan fingerprint density at radius 1 is 1.24 bits per heavy atom. The molecule has 1 atom stereocenters. The maximum atomic E-state index is 13.3. The number of nitrogens with zero attached hydrogens (tertiary/aromatic N) is 1. The van der Waals surface area contributed by atoms with E-state index in [1.807, 2.05) is 19.9 Å². The fraction of sp³-hybridized carbons (Fsp3) is 0.333. The summed E-state index contributed by atoms with van der Waals surface area (Å²) in [5, 5.41) is 0.417. The number of carbonyl (C=O) groups excluding carboxylic acids is 1. The molecule has 0 spiro atoms. The van der Waals surface area contributed by atoms with Crippen LogP contribution >= 0.6 is 0 Å². The summed E-state index contributed by atoms with van der Waals surface area (Å²) in [7, 11) is -3.21. The minimum absolute atomic E-state index is 0.0274. The zero-order valence-corrected chi connectivity index (χ0v) is 17.0. The molecule has 152 valence electrons. The molecule has 0 N–H and O–H groups in total. The predicted octanol–water partition coefficient (Wildman–Crippen LogP) is 2.83. The number of rotatable bonds is 4. The van der Waals surface area contributed by atoms with Crippen molar-refractivity contribution in [2.24, 2.45) is 0 Å². The first kappa shape index (κ1) is 19.4. The molecule has 7 nitrogen and oxygen atoms in total. The van der Waals surface area contributed by atoms with Crippen molar-refractivity contribution in [3.63, 3.8) is 0 Å². The van der Waals surface area contributed by atoms with Gasteiger partial charge in [0.25, 0.3) is 5.91 Å². The second-order valence-electron chi connectivity index (χ2n) is 7.50. The summed E-state index contributed by atoms with van der Waals surface area (Å²) >= 11 is 0. The lowest BCUT2D eigenvalue weighted by atomic mass is 10.1. The van der Waals surface area contributed by atoms with Gasteiger partial charge in [-0.1, -0.05) is 6.07 Å². The van der Waals surface area contributed by atoms with Crippen molar-refractivity contribution in [1.82, 2.24) is 4.90 Å². The Bertz CT molecular complexity index is 1240. The molecular weight excluding hydrogens is 394 g/mol. The highest BCUT2D eigenvalue weighted by Gasteiger charge is 2.36. The Morgan fingerprint density at radius 2 is 2.03 bits per heavy atom. The summed E-state index contributed by atoms with van der Waals surface area (Å²) in [6.45, 7) is 3.80. The van der Waals surface area contributed by atoms with Gasteiger partial charge >= 0.3 is 0 Å². The van der Waals surface area contributed by atoms with Gasteiger partial charge in [0.15, 0.2) is 21.0 Å². The zero-order valence-electron chi connectivity index (χ0n) is 16.2. The fourth-order valence-corrected chi connectivity index (χ4v) is 5.55. The number of aryl methyl sites for hydroxylation is 2. The number of sulfone groups is 1. The van der Waals surface area contributed by atoms with E-state index in [1.54, 1.807) is 18.2 Å². The Balaban J connectivity index is 1.77. The van der Waals surface area contributed by atoms with Gasteiger partial charge in [-0.05, 0) is 49.6 Å². The van der Waals surface area contributed by atoms with Gasteiger partial charge in [-0.25, -0.2) is 8.42 Å². The highest BCUT2D eigenvalue weighted by Crippen LogP contribution is 2.24. The van der Waals surface area contributed by atoms with Crippen molar-refractivity contribution in [1.29, 1.82) is 0 Å². The number of hydrogen-bond acceptors (Lipinski definition) is 6. The molecule has 3 aromatic rings. The molecule has 0 aliphatic carbocycles. The van der Waals surface area contributed by atoms with E-state index in [9.17, 15) is 18.0 Å². The average Bonchev–Trinajstić information content (AvgIpc) is 3.29. The lowest BCUT2D eigenvalue weighted by Crippen LogP contribution is -2.40. The molecule has 29 heavy (non-hydrogen) atoms. The summed E-state index contributed by atoms with van der Waals surface area (Å²) < 4.78 is 35.1. The molecule has 4 rings (SSSR count). The lowest BCUT2D eigenvalue weighted by molar-refractivity contribution is 0.0634. The molecule has 3 heterocycles. The second kappa shape index (κ2) is 7.18. The van der Waals surface area contributed by atoms with Crippen molar-refractivity contribution < 1.29 is 22.0 Å². The monoisotopic (exact) mass is 415 g/mol. The number of carbonyl (C=O) groups is 1. The molecule has 1 aliphatic rings. The Morgan fingerprint density at radius 3 is 2.69 bits per heavy atom. The first-order valence-corrected chi connectivity index (χ1v) is 11.1. The Labute approximate surface area is 167 Å². The van der Waals surface area contributed by atoms with Crippen molar-refractivity contribution in [3.05, 3.63) is 69.5 Å². The van der Waals surface area contributed by atoms with E-state index in [4.69, 9.17) is 8.83 Å². The van der Waals surface area contributed by atoms with E-state index in [0.717, 1.165) is 11.1 Å². The summed E-state index contributed by atoms with van der Waals surface area (Å²) in [5.74, 6) is -0.194. The highest BCUT2D eigenvalue weighted by molar-refractivity contribution is 7.91. The van der Waals surface area contributed by atoms with Crippen molar-refractivity contribution in [3.8, 4) is 0 Å². The van der Waals surface area contributed by atoms with Gasteiger partial charge in [0.1, 0.15) is 11.3 Å². The third kappa shape index (κ3) is 3.85. The van der Waals surface area contributed by atoms with Crippen LogP contribution in [0.1, 0.15) is 33.9 Å². The molecule has 1 aromatic carbocycles. The summed E-state index contributed by atoms with van der Waals surface area (Å²) in [6.07, 6.45) is 1.83. The second-order valence-corrected chi connectivity index (χ2v) is 9.73. The Kier molecular flexibility index (Phi) is 4.82. The predicted molar refractivity (Wildman–Crippen MR) is 108 cm³/mol. The number of furan rings is 1. The van der Waals surface area contributed by atoms with E-state index in [-0.39, 0.29) is 29.2 Å². The van der Waals surface area contributed by atoms with Gasteiger partial charge in [0.05, 0.1) is 29.7 Å². The van der Waals surface area contributed by atoms with Crippen LogP contribution in [0, 0.1) is 13.8 Å². The van der Waals surface area contributed by atoms with Gasteiger partial charge in [0.2, 0.25) is 0 Å². The number of amides is 1. The van der Waals surface area contributed by atoms with E-state index < -0.39 is 21.8 Å². The van der Waals surface area contributed by atoms with Crippen LogP contribution in [0.15, 0.2) is 50.2 Å². The van der Waals surface area contributed by atoms with Crippen LogP contribution < -0.4 is 5.43 Å². The molecule has 2 aromatic heterocycles. The van der Waals surface area contributed by atoms with Crippen molar-refractivity contribution in [2.45, 2.75) is 32.9 Å². The van der Waals surface area contributed by atoms with Crippen LogP contribution in [0.2, 0.25) is 0 Å². The largest absolute Gasteiger partial charge is 0.467 e. The Hall–Kier alpha value is -2.87.